The summed E-state index contributed by atoms with van der Waals surface area (Å²) >= 11 is 0. The van der Waals surface area contributed by atoms with Gasteiger partial charge in [-0.3, -0.25) is 9.59 Å². The van der Waals surface area contributed by atoms with E-state index in [2.05, 4.69) is 10.6 Å². The lowest BCUT2D eigenvalue weighted by atomic mass is 10.0. The van der Waals surface area contributed by atoms with Crippen LogP contribution in [-0.2, 0) is 0 Å². The maximum absolute atomic E-state index is 13.7. The summed E-state index contributed by atoms with van der Waals surface area (Å²) in [5.74, 6) is -0.534. The van der Waals surface area contributed by atoms with Gasteiger partial charge in [-0.2, -0.15) is 0 Å². The Morgan fingerprint density at radius 2 is 0.841 bits per heavy atom. The molecule has 0 unspecified atom stereocenters. The van der Waals surface area contributed by atoms with Gasteiger partial charge in [0.2, 0.25) is 0 Å². The van der Waals surface area contributed by atoms with Crippen LogP contribution in [0.2, 0.25) is 0 Å². The molecule has 0 fully saturated rings. The number of fused-ring (bicyclic) bond motifs is 2. The number of rotatable bonds is 6. The van der Waals surface area contributed by atoms with E-state index >= 15 is 0 Å². The third kappa shape index (κ3) is 5.40. The number of para-hydroxylation sites is 2. The number of benzene rings is 5. The van der Waals surface area contributed by atoms with Gasteiger partial charge in [0.1, 0.15) is 0 Å². The second-order valence-corrected chi connectivity index (χ2v) is 10.4. The van der Waals surface area contributed by atoms with E-state index in [1.807, 2.05) is 121 Å². The maximum Gasteiger partial charge on any atom is 0.256 e. The molecule has 0 saturated heterocycles. The van der Waals surface area contributed by atoms with Crippen molar-refractivity contribution in [1.29, 1.82) is 0 Å². The molecule has 2 heterocycles. The highest BCUT2D eigenvalue weighted by Gasteiger charge is 2.17. The Balaban J connectivity index is 1.18. The van der Waals surface area contributed by atoms with Crippen molar-refractivity contribution in [3.8, 4) is 22.5 Å². The standard InChI is InChI=1S/C38H26N4O2/c43-37(31-23-35(25-12-3-1-4-13-25)41-33-20-9-7-18-29(31)33)39-27-16-11-17-28(22-27)40-38(44)32-24-36(26-14-5-2-6-15-26)42-34-21-10-8-19-30(32)34/h1-24H,(H,39,43)(H,40,44). The van der Waals surface area contributed by atoms with Crippen molar-refractivity contribution in [2.75, 3.05) is 10.6 Å². The average molecular weight is 571 g/mol. The summed E-state index contributed by atoms with van der Waals surface area (Å²) in [6.45, 7) is 0. The smallest absolute Gasteiger partial charge is 0.256 e. The van der Waals surface area contributed by atoms with E-state index < -0.39 is 0 Å². The molecular weight excluding hydrogens is 544 g/mol. The van der Waals surface area contributed by atoms with Crippen LogP contribution in [-0.4, -0.2) is 21.8 Å². The first-order chi connectivity index (χ1) is 21.6. The molecule has 0 atom stereocenters. The normalized spacial score (nSPS) is 10.9. The van der Waals surface area contributed by atoms with Crippen molar-refractivity contribution in [1.82, 2.24) is 9.97 Å². The summed E-state index contributed by atoms with van der Waals surface area (Å²) in [7, 11) is 0. The third-order valence-corrected chi connectivity index (χ3v) is 7.44. The number of hydrogen-bond donors (Lipinski definition) is 2. The van der Waals surface area contributed by atoms with E-state index in [4.69, 9.17) is 9.97 Å². The van der Waals surface area contributed by atoms with Gasteiger partial charge in [-0.1, -0.05) is 103 Å². The zero-order valence-electron chi connectivity index (χ0n) is 23.6. The highest BCUT2D eigenvalue weighted by atomic mass is 16.2. The molecule has 2 N–H and O–H groups in total. The van der Waals surface area contributed by atoms with Crippen LogP contribution in [0.4, 0.5) is 11.4 Å². The van der Waals surface area contributed by atoms with Gasteiger partial charge in [0.15, 0.2) is 0 Å². The Hall–Kier alpha value is -6.14. The number of carbonyl (C=O) groups excluding carboxylic acids is 2. The molecule has 0 aliphatic heterocycles. The van der Waals surface area contributed by atoms with Crippen molar-refractivity contribution < 1.29 is 9.59 Å². The quantitative estimate of drug-likeness (QED) is 0.210. The van der Waals surface area contributed by atoms with E-state index in [9.17, 15) is 9.59 Å². The minimum Gasteiger partial charge on any atom is -0.322 e. The number of nitrogens with zero attached hydrogens (tertiary/aromatic N) is 2. The van der Waals surface area contributed by atoms with Crippen molar-refractivity contribution >= 4 is 45.0 Å². The molecule has 6 nitrogen and oxygen atoms in total. The Morgan fingerprint density at radius 3 is 1.30 bits per heavy atom. The number of hydrogen-bond acceptors (Lipinski definition) is 4. The molecule has 0 aliphatic carbocycles. The fourth-order valence-electron chi connectivity index (χ4n) is 5.31. The van der Waals surface area contributed by atoms with Crippen LogP contribution in [0.25, 0.3) is 44.3 Å². The molecular formula is C38H26N4O2. The van der Waals surface area contributed by atoms with Gasteiger partial charge >= 0.3 is 0 Å². The monoisotopic (exact) mass is 570 g/mol. The van der Waals surface area contributed by atoms with Crippen molar-refractivity contribution in [3.05, 3.63) is 157 Å². The first-order valence-electron chi connectivity index (χ1n) is 14.3. The topological polar surface area (TPSA) is 84.0 Å². The summed E-state index contributed by atoms with van der Waals surface area (Å²) in [5.41, 5.74) is 6.90. The van der Waals surface area contributed by atoms with Crippen molar-refractivity contribution in [2.45, 2.75) is 0 Å². The maximum atomic E-state index is 13.7. The molecule has 7 aromatic rings. The second kappa shape index (κ2) is 11.6. The first-order valence-corrected chi connectivity index (χ1v) is 14.3. The van der Waals surface area contributed by atoms with E-state index in [1.54, 1.807) is 24.3 Å². The van der Waals surface area contributed by atoms with Crippen LogP contribution in [0.15, 0.2) is 146 Å². The molecule has 2 aromatic heterocycles. The third-order valence-electron chi connectivity index (χ3n) is 7.44. The minimum absolute atomic E-state index is 0.267. The molecule has 0 saturated carbocycles. The number of nitrogens with one attached hydrogen (secondary N) is 2. The summed E-state index contributed by atoms with van der Waals surface area (Å²) in [5, 5.41) is 7.54. The number of anilines is 2. The number of pyridine rings is 2. The van der Waals surface area contributed by atoms with E-state index in [-0.39, 0.29) is 11.8 Å². The van der Waals surface area contributed by atoms with Crippen LogP contribution < -0.4 is 10.6 Å². The lowest BCUT2D eigenvalue weighted by Gasteiger charge is -2.13. The highest BCUT2D eigenvalue weighted by Crippen LogP contribution is 2.28. The van der Waals surface area contributed by atoms with E-state index in [0.717, 1.165) is 44.3 Å². The highest BCUT2D eigenvalue weighted by molar-refractivity contribution is 6.15. The molecule has 0 aliphatic rings. The number of aromatic nitrogens is 2. The van der Waals surface area contributed by atoms with Crippen LogP contribution in [0.5, 0.6) is 0 Å². The van der Waals surface area contributed by atoms with Gasteiger partial charge in [-0.15, -0.1) is 0 Å². The molecule has 0 spiro atoms. The van der Waals surface area contributed by atoms with Crippen molar-refractivity contribution in [2.24, 2.45) is 0 Å². The molecule has 2 amide bonds. The molecule has 7 rings (SSSR count). The molecule has 0 radical (unpaired) electrons. The van der Waals surface area contributed by atoms with Crippen LogP contribution in [0, 0.1) is 0 Å². The predicted molar refractivity (Wildman–Crippen MR) is 177 cm³/mol. The van der Waals surface area contributed by atoms with E-state index in [1.165, 1.54) is 0 Å². The Labute approximate surface area is 254 Å². The van der Waals surface area contributed by atoms with Crippen LogP contribution in [0.1, 0.15) is 20.7 Å². The van der Waals surface area contributed by atoms with Gasteiger partial charge in [0.05, 0.1) is 33.5 Å². The predicted octanol–water partition coefficient (Wildman–Crippen LogP) is 8.62. The molecule has 0 bridgehead atoms. The largest absolute Gasteiger partial charge is 0.322 e. The Bertz CT molecular complexity index is 2010. The number of amides is 2. The molecule has 6 heteroatoms. The SMILES string of the molecule is O=C(Nc1cccc(NC(=O)c2cc(-c3ccccc3)nc3ccccc23)c1)c1cc(-c2ccccc2)nc2ccccc12. The minimum atomic E-state index is -0.267. The molecule has 210 valence electrons. The molecule has 5 aromatic carbocycles. The van der Waals surface area contributed by atoms with Crippen LogP contribution in [0.3, 0.4) is 0 Å². The first kappa shape index (κ1) is 26.7. The van der Waals surface area contributed by atoms with E-state index in [0.29, 0.717) is 22.5 Å². The van der Waals surface area contributed by atoms with Crippen LogP contribution >= 0.6 is 0 Å². The Kier molecular flexibility index (Phi) is 7.06. The Morgan fingerprint density at radius 1 is 0.432 bits per heavy atom. The average Bonchev–Trinajstić information content (AvgIpc) is 3.08. The fraction of sp³-hybridized carbons (Fsp3) is 0. The zero-order chi connectivity index (χ0) is 29.9. The fourth-order valence-corrected chi connectivity index (χ4v) is 5.31. The zero-order valence-corrected chi connectivity index (χ0v) is 23.6. The lowest BCUT2D eigenvalue weighted by molar-refractivity contribution is 0.102. The number of carbonyl (C=O) groups is 2. The summed E-state index contributed by atoms with van der Waals surface area (Å²) in [6.07, 6.45) is 0. The second-order valence-electron chi connectivity index (χ2n) is 10.4. The van der Waals surface area contributed by atoms with Gasteiger partial charge in [-0.25, -0.2) is 9.97 Å². The summed E-state index contributed by atoms with van der Waals surface area (Å²) < 4.78 is 0. The van der Waals surface area contributed by atoms with Gasteiger partial charge in [0.25, 0.3) is 11.8 Å². The van der Waals surface area contributed by atoms with Crippen molar-refractivity contribution in [3.63, 3.8) is 0 Å². The van der Waals surface area contributed by atoms with Gasteiger partial charge < -0.3 is 10.6 Å². The van der Waals surface area contributed by atoms with Gasteiger partial charge in [-0.05, 0) is 42.5 Å². The summed E-state index contributed by atoms with van der Waals surface area (Å²) in [4.78, 5) is 36.9. The molecule has 44 heavy (non-hydrogen) atoms. The van der Waals surface area contributed by atoms with Gasteiger partial charge in [0, 0.05) is 33.3 Å². The lowest BCUT2D eigenvalue weighted by Crippen LogP contribution is -2.15. The summed E-state index contributed by atoms with van der Waals surface area (Å²) in [6, 6.07) is 45.5.